The van der Waals surface area contributed by atoms with Crippen molar-refractivity contribution >= 4 is 6.09 Å². The van der Waals surface area contributed by atoms with Gasteiger partial charge >= 0.3 is 6.09 Å². The molecule has 0 aliphatic rings. The number of rotatable bonds is 5. The molecule has 1 atom stereocenters. The van der Waals surface area contributed by atoms with E-state index in [1.165, 1.54) is 0 Å². The van der Waals surface area contributed by atoms with Gasteiger partial charge in [0, 0.05) is 0 Å². The SMILES string of the molecule is CC(C)CC(COO)NC(=O)OC(C)(C)C. The van der Waals surface area contributed by atoms with Crippen LogP contribution in [0.15, 0.2) is 0 Å². The molecule has 0 rings (SSSR count). The van der Waals surface area contributed by atoms with Gasteiger partial charge in [0.2, 0.25) is 0 Å². The Morgan fingerprint density at radius 1 is 1.38 bits per heavy atom. The van der Waals surface area contributed by atoms with Crippen molar-refractivity contribution in [1.29, 1.82) is 0 Å². The van der Waals surface area contributed by atoms with Crippen LogP contribution in [0.4, 0.5) is 4.79 Å². The Morgan fingerprint density at radius 3 is 2.31 bits per heavy atom. The average Bonchev–Trinajstić information content (AvgIpc) is 1.98. The van der Waals surface area contributed by atoms with Crippen molar-refractivity contribution in [2.75, 3.05) is 6.61 Å². The highest BCUT2D eigenvalue weighted by molar-refractivity contribution is 5.68. The third-order valence-electron chi connectivity index (χ3n) is 1.75. The van der Waals surface area contributed by atoms with Crippen LogP contribution in [-0.4, -0.2) is 29.6 Å². The second kappa shape index (κ2) is 6.70. The van der Waals surface area contributed by atoms with Gasteiger partial charge in [-0.25, -0.2) is 9.68 Å². The predicted octanol–water partition coefficient (Wildman–Crippen LogP) is 2.42. The van der Waals surface area contributed by atoms with Crippen molar-refractivity contribution in [3.63, 3.8) is 0 Å². The zero-order chi connectivity index (χ0) is 12.8. The number of ether oxygens (including phenoxy) is 1. The summed E-state index contributed by atoms with van der Waals surface area (Å²) in [5, 5.41) is 11.1. The second-order valence-electron chi connectivity index (χ2n) is 5.27. The third kappa shape index (κ3) is 8.49. The Hall–Kier alpha value is -0.810. The molecule has 5 heteroatoms. The smallest absolute Gasteiger partial charge is 0.407 e. The molecule has 2 N–H and O–H groups in total. The van der Waals surface area contributed by atoms with Crippen LogP contribution in [0.2, 0.25) is 0 Å². The van der Waals surface area contributed by atoms with Crippen molar-refractivity contribution < 1.29 is 19.7 Å². The van der Waals surface area contributed by atoms with Crippen molar-refractivity contribution in [1.82, 2.24) is 5.32 Å². The second-order valence-corrected chi connectivity index (χ2v) is 5.27. The van der Waals surface area contributed by atoms with Crippen LogP contribution in [0.3, 0.4) is 0 Å². The van der Waals surface area contributed by atoms with Crippen molar-refractivity contribution in [3.8, 4) is 0 Å². The van der Waals surface area contributed by atoms with Gasteiger partial charge in [-0.2, -0.15) is 0 Å². The van der Waals surface area contributed by atoms with Crippen molar-refractivity contribution in [2.45, 2.75) is 52.7 Å². The van der Waals surface area contributed by atoms with Gasteiger partial charge in [-0.1, -0.05) is 13.8 Å². The van der Waals surface area contributed by atoms with Gasteiger partial charge in [-0.15, -0.1) is 0 Å². The summed E-state index contributed by atoms with van der Waals surface area (Å²) in [6, 6.07) is -0.236. The summed E-state index contributed by atoms with van der Waals surface area (Å²) in [5.41, 5.74) is -0.521. The largest absolute Gasteiger partial charge is 0.444 e. The number of alkyl carbamates (subject to hydrolysis) is 1. The lowest BCUT2D eigenvalue weighted by Crippen LogP contribution is -2.42. The normalized spacial score (nSPS) is 13.7. The Bertz CT molecular complexity index is 211. The highest BCUT2D eigenvalue weighted by Crippen LogP contribution is 2.09. The first-order valence-electron chi connectivity index (χ1n) is 5.50. The van der Waals surface area contributed by atoms with Crippen LogP contribution in [0, 0.1) is 5.92 Å². The average molecular weight is 233 g/mol. The number of hydrogen-bond acceptors (Lipinski definition) is 4. The van der Waals surface area contributed by atoms with E-state index in [1.807, 2.05) is 13.8 Å². The summed E-state index contributed by atoms with van der Waals surface area (Å²) in [6.45, 7) is 9.52. The van der Waals surface area contributed by atoms with Crippen LogP contribution < -0.4 is 5.32 Å². The Labute approximate surface area is 97.1 Å². The van der Waals surface area contributed by atoms with Crippen LogP contribution in [0.1, 0.15) is 41.0 Å². The lowest BCUT2D eigenvalue weighted by atomic mass is 10.0. The molecule has 0 aromatic carbocycles. The molecule has 0 aliphatic heterocycles. The Morgan fingerprint density at radius 2 is 1.94 bits per heavy atom. The van der Waals surface area contributed by atoms with E-state index in [-0.39, 0.29) is 12.6 Å². The molecule has 96 valence electrons. The molecule has 0 bridgehead atoms. The number of nitrogens with one attached hydrogen (secondary N) is 1. The van der Waals surface area contributed by atoms with Crippen LogP contribution >= 0.6 is 0 Å². The lowest BCUT2D eigenvalue weighted by Gasteiger charge is -2.23. The van der Waals surface area contributed by atoms with Gasteiger partial charge in [0.25, 0.3) is 0 Å². The molecule has 0 heterocycles. The van der Waals surface area contributed by atoms with E-state index in [1.54, 1.807) is 20.8 Å². The molecule has 0 saturated carbocycles. The summed E-state index contributed by atoms with van der Waals surface area (Å²) in [6.07, 6.45) is 0.231. The summed E-state index contributed by atoms with van der Waals surface area (Å²) in [5.74, 6) is 0.398. The molecule has 0 radical (unpaired) electrons. The molecule has 5 nitrogen and oxygen atoms in total. The third-order valence-corrected chi connectivity index (χ3v) is 1.75. The number of carbonyl (C=O) groups excluding carboxylic acids is 1. The van der Waals surface area contributed by atoms with Crippen molar-refractivity contribution in [3.05, 3.63) is 0 Å². The monoisotopic (exact) mass is 233 g/mol. The molecular formula is C11H23NO4. The van der Waals surface area contributed by atoms with Crippen LogP contribution in [0.5, 0.6) is 0 Å². The van der Waals surface area contributed by atoms with Gasteiger partial charge in [0.1, 0.15) is 12.2 Å². The van der Waals surface area contributed by atoms with E-state index < -0.39 is 11.7 Å². The predicted molar refractivity (Wildman–Crippen MR) is 61.2 cm³/mol. The number of carbonyl (C=O) groups is 1. The van der Waals surface area contributed by atoms with E-state index in [0.29, 0.717) is 5.92 Å². The Balaban J connectivity index is 4.12. The summed E-state index contributed by atoms with van der Waals surface area (Å²) >= 11 is 0. The summed E-state index contributed by atoms with van der Waals surface area (Å²) in [4.78, 5) is 15.5. The van der Waals surface area contributed by atoms with Gasteiger partial charge in [-0.05, 0) is 33.1 Å². The maximum atomic E-state index is 11.5. The van der Waals surface area contributed by atoms with Gasteiger partial charge in [0.15, 0.2) is 0 Å². The molecular weight excluding hydrogens is 210 g/mol. The van der Waals surface area contributed by atoms with Crippen LogP contribution in [-0.2, 0) is 9.62 Å². The van der Waals surface area contributed by atoms with Crippen LogP contribution in [0.25, 0.3) is 0 Å². The first kappa shape index (κ1) is 15.2. The number of amides is 1. The summed E-state index contributed by atoms with van der Waals surface area (Å²) in [7, 11) is 0. The summed E-state index contributed by atoms with van der Waals surface area (Å²) < 4.78 is 5.11. The first-order chi connectivity index (χ1) is 7.24. The first-order valence-corrected chi connectivity index (χ1v) is 5.50. The maximum Gasteiger partial charge on any atom is 0.407 e. The molecule has 16 heavy (non-hydrogen) atoms. The van der Waals surface area contributed by atoms with E-state index >= 15 is 0 Å². The molecule has 0 spiro atoms. The van der Waals surface area contributed by atoms with E-state index in [4.69, 9.17) is 9.99 Å². The number of hydrogen-bond donors (Lipinski definition) is 2. The lowest BCUT2D eigenvalue weighted by molar-refractivity contribution is -0.246. The van der Waals surface area contributed by atoms with E-state index in [2.05, 4.69) is 10.2 Å². The van der Waals surface area contributed by atoms with Gasteiger partial charge in [0.05, 0.1) is 6.04 Å². The minimum absolute atomic E-state index is 0.0669. The maximum absolute atomic E-state index is 11.5. The molecule has 0 aromatic heterocycles. The quantitative estimate of drug-likeness (QED) is 0.565. The minimum atomic E-state index is -0.521. The highest BCUT2D eigenvalue weighted by Gasteiger charge is 2.20. The standard InChI is InChI=1S/C11H23NO4/c1-8(2)6-9(7-15-14)12-10(13)16-11(3,4)5/h8-9,14H,6-7H2,1-5H3,(H,12,13). The molecule has 1 amide bonds. The fourth-order valence-electron chi connectivity index (χ4n) is 1.30. The zero-order valence-corrected chi connectivity index (χ0v) is 10.7. The fourth-order valence-corrected chi connectivity index (χ4v) is 1.30. The van der Waals surface area contributed by atoms with Gasteiger partial charge in [-0.3, -0.25) is 5.26 Å². The zero-order valence-electron chi connectivity index (χ0n) is 10.7. The van der Waals surface area contributed by atoms with E-state index in [0.717, 1.165) is 6.42 Å². The topological polar surface area (TPSA) is 67.8 Å². The highest BCUT2D eigenvalue weighted by atomic mass is 17.1. The fraction of sp³-hybridized carbons (Fsp3) is 0.909. The van der Waals surface area contributed by atoms with Crippen molar-refractivity contribution in [2.24, 2.45) is 5.92 Å². The molecule has 0 aromatic rings. The van der Waals surface area contributed by atoms with E-state index in [9.17, 15) is 4.79 Å². The molecule has 0 aliphatic carbocycles. The molecule has 0 fully saturated rings. The molecule has 0 saturated heterocycles. The Kier molecular flexibility index (Phi) is 6.36. The molecule has 1 unspecified atom stereocenters. The minimum Gasteiger partial charge on any atom is -0.444 e. The van der Waals surface area contributed by atoms with Gasteiger partial charge < -0.3 is 10.1 Å².